The van der Waals surface area contributed by atoms with Crippen LogP contribution in [0.4, 0.5) is 4.39 Å². The van der Waals surface area contributed by atoms with Crippen molar-refractivity contribution < 1.29 is 4.39 Å². The minimum Gasteiger partial charge on any atom is -0.242 e. The van der Waals surface area contributed by atoms with Gasteiger partial charge >= 0.3 is 0 Å². The smallest absolute Gasteiger partial charge is 0.134 e. The van der Waals surface area contributed by atoms with E-state index in [1.165, 1.54) is 6.92 Å². The van der Waals surface area contributed by atoms with Gasteiger partial charge in [0, 0.05) is 5.54 Å². The Balaban J connectivity index is 3.56. The van der Waals surface area contributed by atoms with Crippen molar-refractivity contribution in [3.05, 3.63) is 10.6 Å². The van der Waals surface area contributed by atoms with Gasteiger partial charge in [0.15, 0.2) is 0 Å². The lowest BCUT2D eigenvalue weighted by molar-refractivity contribution is 0.424. The Morgan fingerprint density at radius 3 is 2.29 bits per heavy atom. The van der Waals surface area contributed by atoms with Gasteiger partial charge in [-0.25, -0.2) is 4.39 Å². The second-order valence-corrected chi connectivity index (χ2v) is 1.76. The Morgan fingerprint density at radius 2 is 2.29 bits per heavy atom. The zero-order valence-electron chi connectivity index (χ0n) is 3.79. The summed E-state index contributed by atoms with van der Waals surface area (Å²) < 4.78 is 11.8. The second kappa shape index (κ2) is 3.28. The summed E-state index contributed by atoms with van der Waals surface area (Å²) in [6.07, 6.45) is -1.14. The third-order valence-corrected chi connectivity index (χ3v) is 1.24. The molecule has 0 N–H and O–H groups in total. The van der Waals surface area contributed by atoms with Crippen molar-refractivity contribution in [3.8, 4) is 0 Å². The second-order valence-electron chi connectivity index (χ2n) is 1.11. The Bertz CT molecular complexity index is 77.8. The summed E-state index contributed by atoms with van der Waals surface area (Å²) in [5.74, 6) is 0. The van der Waals surface area contributed by atoms with Gasteiger partial charge in [-0.1, -0.05) is 23.2 Å². The fourth-order valence-electron chi connectivity index (χ4n) is 0.0868. The molecule has 1 atom stereocenters. The lowest BCUT2D eigenvalue weighted by Crippen LogP contribution is -1.88. The van der Waals surface area contributed by atoms with Crippen LogP contribution in [-0.4, -0.2) is 6.17 Å². The van der Waals surface area contributed by atoms with Gasteiger partial charge in [-0.2, -0.15) is 0 Å². The molecule has 0 aliphatic heterocycles. The average molecular weight is 143 g/mol. The largest absolute Gasteiger partial charge is 0.242 e. The van der Waals surface area contributed by atoms with Gasteiger partial charge < -0.3 is 0 Å². The third-order valence-electron chi connectivity index (χ3n) is 0.484. The molecule has 0 aliphatic rings. The van der Waals surface area contributed by atoms with Crippen molar-refractivity contribution in [2.75, 3.05) is 0 Å². The Hall–Kier alpha value is 0.250. The van der Waals surface area contributed by atoms with Crippen molar-refractivity contribution in [2.45, 2.75) is 13.1 Å². The molecule has 0 aliphatic carbocycles. The Kier molecular flexibility index (Phi) is 3.39. The van der Waals surface area contributed by atoms with Crippen molar-refractivity contribution in [1.29, 1.82) is 0 Å². The van der Waals surface area contributed by atoms with Crippen LogP contribution in [-0.2, 0) is 0 Å². The normalized spacial score (nSPS) is 16.9. The molecule has 0 aromatic heterocycles. The monoisotopic (exact) mass is 142 g/mol. The van der Waals surface area contributed by atoms with E-state index in [9.17, 15) is 4.39 Å². The molecule has 0 rings (SSSR count). The summed E-state index contributed by atoms with van der Waals surface area (Å²) in [5.41, 5.74) is 1.02. The van der Waals surface area contributed by atoms with Crippen LogP contribution < -0.4 is 0 Å². The van der Waals surface area contributed by atoms with Crippen LogP contribution in [0.15, 0.2) is 10.6 Å². The first-order valence-corrected chi connectivity index (χ1v) is 2.59. The average Bonchev–Trinajstić information content (AvgIpc) is 1.65. The van der Waals surface area contributed by atoms with Crippen molar-refractivity contribution >= 4 is 23.2 Å². The molecule has 7 heavy (non-hydrogen) atoms. The predicted molar refractivity (Wildman–Crippen MR) is 30.4 cm³/mol. The van der Waals surface area contributed by atoms with E-state index in [1.807, 2.05) is 0 Å². The number of hydrogen-bond acceptors (Lipinski definition) is 0. The van der Waals surface area contributed by atoms with Gasteiger partial charge in [0.25, 0.3) is 0 Å². The molecule has 0 saturated carbocycles. The van der Waals surface area contributed by atoms with Gasteiger partial charge in [-0.05, 0) is 6.92 Å². The minimum absolute atomic E-state index is 0.0432. The summed E-state index contributed by atoms with van der Waals surface area (Å²) in [6, 6.07) is 0. The van der Waals surface area contributed by atoms with Gasteiger partial charge in [0.1, 0.15) is 6.17 Å². The van der Waals surface area contributed by atoms with Crippen LogP contribution in [0.3, 0.4) is 0 Å². The molecule has 0 radical (unpaired) electrons. The molecule has 0 amide bonds. The van der Waals surface area contributed by atoms with Gasteiger partial charge in [0.05, 0.1) is 5.03 Å². The molecule has 0 nitrogen and oxygen atoms in total. The number of alkyl halides is 1. The molecule has 0 heterocycles. The van der Waals surface area contributed by atoms with E-state index in [0.717, 1.165) is 5.54 Å². The van der Waals surface area contributed by atoms with Crippen LogP contribution >= 0.6 is 23.2 Å². The molecule has 3 heteroatoms. The number of allylic oxidation sites excluding steroid dienone is 1. The SMILES string of the molecule is CC(F)C(Cl)=CCl. The van der Waals surface area contributed by atoms with Crippen LogP contribution in [0.2, 0.25) is 0 Å². The van der Waals surface area contributed by atoms with Crippen LogP contribution in [0.1, 0.15) is 6.92 Å². The van der Waals surface area contributed by atoms with Gasteiger partial charge in [-0.3, -0.25) is 0 Å². The zero-order valence-corrected chi connectivity index (χ0v) is 5.30. The first-order valence-electron chi connectivity index (χ1n) is 1.78. The van der Waals surface area contributed by atoms with Crippen molar-refractivity contribution in [2.24, 2.45) is 0 Å². The summed E-state index contributed by atoms with van der Waals surface area (Å²) in [4.78, 5) is 0. The van der Waals surface area contributed by atoms with Gasteiger partial charge in [-0.15, -0.1) is 0 Å². The van der Waals surface area contributed by atoms with Gasteiger partial charge in [0.2, 0.25) is 0 Å². The van der Waals surface area contributed by atoms with E-state index in [4.69, 9.17) is 23.2 Å². The topological polar surface area (TPSA) is 0 Å². The van der Waals surface area contributed by atoms with E-state index >= 15 is 0 Å². The molecule has 0 saturated heterocycles. The first-order chi connectivity index (χ1) is 3.18. The van der Waals surface area contributed by atoms with Crippen molar-refractivity contribution in [3.63, 3.8) is 0 Å². The van der Waals surface area contributed by atoms with Crippen LogP contribution in [0.5, 0.6) is 0 Å². The summed E-state index contributed by atoms with van der Waals surface area (Å²) in [5, 5.41) is 0.0432. The molecule has 0 aromatic rings. The summed E-state index contributed by atoms with van der Waals surface area (Å²) in [7, 11) is 0. The van der Waals surface area contributed by atoms with E-state index < -0.39 is 6.17 Å². The molecule has 1 unspecified atom stereocenters. The molecule has 42 valence electrons. The lowest BCUT2D eigenvalue weighted by atomic mass is 10.4. The molecular formula is C4H5Cl2F. The Morgan fingerprint density at radius 1 is 1.86 bits per heavy atom. The first kappa shape index (κ1) is 7.25. The highest BCUT2D eigenvalue weighted by Crippen LogP contribution is 2.10. The molecule has 0 fully saturated rings. The van der Waals surface area contributed by atoms with Crippen molar-refractivity contribution in [1.82, 2.24) is 0 Å². The fourth-order valence-corrected chi connectivity index (χ4v) is 0.260. The summed E-state index contributed by atoms with van der Waals surface area (Å²) in [6.45, 7) is 1.32. The maximum Gasteiger partial charge on any atom is 0.134 e. The molecule has 0 bridgehead atoms. The lowest BCUT2D eigenvalue weighted by Gasteiger charge is -1.92. The number of hydrogen-bond donors (Lipinski definition) is 0. The predicted octanol–water partition coefficient (Wildman–Crippen LogP) is 2.66. The van der Waals surface area contributed by atoms with E-state index in [0.29, 0.717) is 0 Å². The Labute approximate surface area is 51.9 Å². The van der Waals surface area contributed by atoms with E-state index in [1.54, 1.807) is 0 Å². The van der Waals surface area contributed by atoms with E-state index in [2.05, 4.69) is 0 Å². The summed E-state index contributed by atoms with van der Waals surface area (Å²) >= 11 is 10.2. The highest BCUT2D eigenvalue weighted by molar-refractivity contribution is 6.36. The van der Waals surface area contributed by atoms with E-state index in [-0.39, 0.29) is 5.03 Å². The zero-order chi connectivity index (χ0) is 5.86. The van der Waals surface area contributed by atoms with Crippen LogP contribution in [0.25, 0.3) is 0 Å². The highest BCUT2D eigenvalue weighted by Gasteiger charge is 1.99. The molecule has 0 spiro atoms. The molecule has 0 aromatic carbocycles. The maximum absolute atomic E-state index is 11.8. The van der Waals surface area contributed by atoms with Crippen LogP contribution in [0, 0.1) is 0 Å². The fraction of sp³-hybridized carbons (Fsp3) is 0.500. The standard InChI is InChI=1S/C4H5Cl2F/c1-3(7)4(6)2-5/h2-3H,1H3. The third kappa shape index (κ3) is 2.89. The number of rotatable bonds is 1. The maximum atomic E-state index is 11.8. The highest BCUT2D eigenvalue weighted by atomic mass is 35.5. The minimum atomic E-state index is -1.14. The quantitative estimate of drug-likeness (QED) is 0.529. The molecular weight excluding hydrogens is 138 g/mol. The number of halogens is 3.